The molecule has 2 aromatic heterocycles. The summed E-state index contributed by atoms with van der Waals surface area (Å²) in [5, 5.41) is 11.4. The van der Waals surface area contributed by atoms with Crippen LogP contribution in [0.25, 0.3) is 0 Å². The molecule has 0 aliphatic heterocycles. The van der Waals surface area contributed by atoms with Crippen molar-refractivity contribution in [3.63, 3.8) is 0 Å². The Morgan fingerprint density at radius 1 is 1.24 bits per heavy atom. The third-order valence-corrected chi connectivity index (χ3v) is 4.82. The van der Waals surface area contributed by atoms with E-state index >= 15 is 0 Å². The van der Waals surface area contributed by atoms with Gasteiger partial charge in [-0.15, -0.1) is 0 Å². The average molecular weight is 467 g/mol. The molecule has 0 saturated carbocycles. The van der Waals surface area contributed by atoms with E-state index in [-0.39, 0.29) is 5.91 Å². The maximum absolute atomic E-state index is 12.5. The van der Waals surface area contributed by atoms with Crippen molar-refractivity contribution in [2.24, 2.45) is 0 Å². The SMILES string of the molecule is CCn1ncc(Br)c1CNC(=O)c1cccc(Cn2cc(Br)cn2)c1. The second-order valence-electron chi connectivity index (χ2n) is 5.49. The number of carbonyl (C=O) groups is 1. The molecule has 1 N–H and O–H groups in total. The Labute approximate surface area is 162 Å². The van der Waals surface area contributed by atoms with Crippen molar-refractivity contribution in [3.05, 3.63) is 68.6 Å². The number of aromatic nitrogens is 4. The number of benzene rings is 1. The van der Waals surface area contributed by atoms with Crippen LogP contribution in [0.5, 0.6) is 0 Å². The summed E-state index contributed by atoms with van der Waals surface area (Å²) >= 11 is 6.85. The molecule has 8 heteroatoms. The molecule has 130 valence electrons. The van der Waals surface area contributed by atoms with Gasteiger partial charge in [0.05, 0.1) is 40.1 Å². The molecule has 0 atom stereocenters. The molecular weight excluding hydrogens is 450 g/mol. The van der Waals surface area contributed by atoms with Gasteiger partial charge in [0.2, 0.25) is 0 Å². The molecule has 0 saturated heterocycles. The fourth-order valence-corrected chi connectivity index (χ4v) is 3.29. The van der Waals surface area contributed by atoms with Gasteiger partial charge in [-0.3, -0.25) is 14.2 Å². The number of nitrogens with zero attached hydrogens (tertiary/aromatic N) is 4. The van der Waals surface area contributed by atoms with E-state index in [0.717, 1.165) is 26.7 Å². The smallest absolute Gasteiger partial charge is 0.251 e. The maximum Gasteiger partial charge on any atom is 0.251 e. The number of halogens is 2. The lowest BCUT2D eigenvalue weighted by Gasteiger charge is -2.09. The monoisotopic (exact) mass is 465 g/mol. The van der Waals surface area contributed by atoms with Crippen molar-refractivity contribution in [2.45, 2.75) is 26.6 Å². The van der Waals surface area contributed by atoms with Gasteiger partial charge >= 0.3 is 0 Å². The molecule has 0 fully saturated rings. The van der Waals surface area contributed by atoms with Crippen molar-refractivity contribution in [1.82, 2.24) is 24.9 Å². The van der Waals surface area contributed by atoms with Crippen LogP contribution in [0, 0.1) is 0 Å². The summed E-state index contributed by atoms with van der Waals surface area (Å²) in [7, 11) is 0. The first-order chi connectivity index (χ1) is 12.1. The zero-order valence-corrected chi connectivity index (χ0v) is 16.8. The topological polar surface area (TPSA) is 64.7 Å². The Bertz CT molecular complexity index is 887. The molecule has 2 heterocycles. The summed E-state index contributed by atoms with van der Waals surface area (Å²) in [5.74, 6) is -0.112. The number of amides is 1. The van der Waals surface area contributed by atoms with Crippen molar-refractivity contribution >= 4 is 37.8 Å². The van der Waals surface area contributed by atoms with E-state index in [0.29, 0.717) is 18.7 Å². The van der Waals surface area contributed by atoms with Crippen molar-refractivity contribution in [3.8, 4) is 0 Å². The Kier molecular flexibility index (Phi) is 5.70. The van der Waals surface area contributed by atoms with E-state index in [1.54, 1.807) is 12.4 Å². The second-order valence-corrected chi connectivity index (χ2v) is 7.26. The van der Waals surface area contributed by atoms with Crippen LogP contribution in [0.3, 0.4) is 0 Å². The van der Waals surface area contributed by atoms with Crippen LogP contribution in [-0.4, -0.2) is 25.5 Å². The van der Waals surface area contributed by atoms with Crippen LogP contribution in [0.15, 0.2) is 51.8 Å². The Morgan fingerprint density at radius 2 is 2.08 bits per heavy atom. The van der Waals surface area contributed by atoms with Crippen molar-refractivity contribution < 1.29 is 4.79 Å². The normalized spacial score (nSPS) is 10.8. The summed E-state index contributed by atoms with van der Waals surface area (Å²) in [6.45, 7) is 3.80. The minimum absolute atomic E-state index is 0.112. The number of hydrogen-bond acceptors (Lipinski definition) is 3. The van der Waals surface area contributed by atoms with Gasteiger partial charge in [-0.25, -0.2) is 0 Å². The van der Waals surface area contributed by atoms with Gasteiger partial charge < -0.3 is 5.32 Å². The van der Waals surface area contributed by atoms with Crippen molar-refractivity contribution in [1.29, 1.82) is 0 Å². The van der Waals surface area contributed by atoms with Crippen LogP contribution >= 0.6 is 31.9 Å². The van der Waals surface area contributed by atoms with Crippen LogP contribution in [0.1, 0.15) is 28.5 Å². The predicted molar refractivity (Wildman–Crippen MR) is 102 cm³/mol. The highest BCUT2D eigenvalue weighted by atomic mass is 79.9. The second kappa shape index (κ2) is 7.97. The van der Waals surface area contributed by atoms with E-state index in [1.165, 1.54) is 0 Å². The molecule has 1 aromatic carbocycles. The fourth-order valence-electron chi connectivity index (χ4n) is 2.52. The molecular formula is C17H17Br2N5O. The van der Waals surface area contributed by atoms with Crippen LogP contribution in [0.4, 0.5) is 0 Å². The number of carbonyl (C=O) groups excluding carboxylic acids is 1. The number of aryl methyl sites for hydroxylation is 1. The number of hydrogen-bond donors (Lipinski definition) is 1. The van der Waals surface area contributed by atoms with Crippen molar-refractivity contribution in [2.75, 3.05) is 0 Å². The third kappa shape index (κ3) is 4.38. The van der Waals surface area contributed by atoms with Crippen LogP contribution < -0.4 is 5.32 Å². The Balaban J connectivity index is 1.68. The summed E-state index contributed by atoms with van der Waals surface area (Å²) in [5.41, 5.74) is 2.60. The zero-order chi connectivity index (χ0) is 17.8. The molecule has 0 bridgehead atoms. The Hall–Kier alpha value is -1.93. The molecule has 3 rings (SSSR count). The summed E-state index contributed by atoms with van der Waals surface area (Å²) in [6, 6.07) is 7.56. The van der Waals surface area contributed by atoms with Gasteiger partial charge in [0.25, 0.3) is 5.91 Å². The van der Waals surface area contributed by atoms with Gasteiger partial charge in [0.1, 0.15) is 0 Å². The number of nitrogens with one attached hydrogen (secondary N) is 1. The van der Waals surface area contributed by atoms with E-state index in [9.17, 15) is 4.79 Å². The minimum Gasteiger partial charge on any atom is -0.346 e. The molecule has 0 spiro atoms. The largest absolute Gasteiger partial charge is 0.346 e. The first-order valence-electron chi connectivity index (χ1n) is 7.82. The molecule has 6 nitrogen and oxygen atoms in total. The van der Waals surface area contributed by atoms with Gasteiger partial charge in [-0.2, -0.15) is 10.2 Å². The average Bonchev–Trinajstić information content (AvgIpc) is 3.18. The Morgan fingerprint density at radius 3 is 2.80 bits per heavy atom. The molecule has 0 radical (unpaired) electrons. The summed E-state index contributed by atoms with van der Waals surface area (Å²) in [6.07, 6.45) is 5.38. The highest BCUT2D eigenvalue weighted by molar-refractivity contribution is 9.10. The lowest BCUT2D eigenvalue weighted by Crippen LogP contribution is -2.24. The molecule has 0 unspecified atom stereocenters. The lowest BCUT2D eigenvalue weighted by molar-refractivity contribution is 0.0949. The standard InChI is InChI=1S/C17H17Br2N5O/c1-2-24-16(15(19)8-22-24)9-20-17(25)13-5-3-4-12(6-13)10-23-11-14(18)7-21-23/h3-8,11H,2,9-10H2,1H3,(H,20,25). The highest BCUT2D eigenvalue weighted by Crippen LogP contribution is 2.16. The zero-order valence-electron chi connectivity index (χ0n) is 13.6. The first kappa shape index (κ1) is 17.9. The van der Waals surface area contributed by atoms with Gasteiger partial charge in [0, 0.05) is 18.3 Å². The first-order valence-corrected chi connectivity index (χ1v) is 9.40. The van der Waals surface area contributed by atoms with E-state index < -0.39 is 0 Å². The molecule has 1 amide bonds. The fraction of sp³-hybridized carbons (Fsp3) is 0.235. The van der Waals surface area contributed by atoms with Crippen LogP contribution in [-0.2, 0) is 19.6 Å². The maximum atomic E-state index is 12.5. The van der Waals surface area contributed by atoms with E-state index in [4.69, 9.17) is 0 Å². The summed E-state index contributed by atoms with van der Waals surface area (Å²) < 4.78 is 5.50. The predicted octanol–water partition coefficient (Wildman–Crippen LogP) is 3.60. The lowest BCUT2D eigenvalue weighted by atomic mass is 10.1. The quantitative estimate of drug-likeness (QED) is 0.603. The van der Waals surface area contributed by atoms with Gasteiger partial charge in [0.15, 0.2) is 0 Å². The summed E-state index contributed by atoms with van der Waals surface area (Å²) in [4.78, 5) is 12.5. The molecule has 25 heavy (non-hydrogen) atoms. The van der Waals surface area contributed by atoms with E-state index in [1.807, 2.05) is 46.7 Å². The third-order valence-electron chi connectivity index (χ3n) is 3.75. The molecule has 0 aliphatic carbocycles. The van der Waals surface area contributed by atoms with E-state index in [2.05, 4.69) is 47.4 Å². The molecule has 0 aliphatic rings. The highest BCUT2D eigenvalue weighted by Gasteiger charge is 2.11. The molecule has 3 aromatic rings. The van der Waals surface area contributed by atoms with Crippen LogP contribution in [0.2, 0.25) is 0 Å². The number of rotatable bonds is 6. The van der Waals surface area contributed by atoms with Gasteiger partial charge in [-0.05, 0) is 56.5 Å². The minimum atomic E-state index is -0.112. The van der Waals surface area contributed by atoms with Gasteiger partial charge in [-0.1, -0.05) is 12.1 Å².